The third kappa shape index (κ3) is 4.28. The van der Waals surface area contributed by atoms with Crippen molar-refractivity contribution in [2.45, 2.75) is 4.90 Å². The Morgan fingerprint density at radius 1 is 0.933 bits per heavy atom. The van der Waals surface area contributed by atoms with Crippen LogP contribution in [0.1, 0.15) is 11.1 Å². The SMILES string of the molecule is O=C1OC(c2cccc(F)c2)=N/C1=C\c1ccc(OS(=O)(=O)c2ccccc2)cc1. The van der Waals surface area contributed by atoms with Crippen LogP contribution in [0.15, 0.2) is 94.4 Å². The van der Waals surface area contributed by atoms with E-state index >= 15 is 0 Å². The maximum absolute atomic E-state index is 13.4. The first-order valence-electron chi connectivity index (χ1n) is 8.79. The minimum atomic E-state index is -3.94. The van der Waals surface area contributed by atoms with E-state index in [1.165, 1.54) is 48.5 Å². The van der Waals surface area contributed by atoms with Crippen molar-refractivity contribution in [3.05, 3.63) is 102 Å². The van der Waals surface area contributed by atoms with Crippen molar-refractivity contribution in [2.75, 3.05) is 0 Å². The quantitative estimate of drug-likeness (QED) is 0.353. The molecular weight excluding hydrogens is 409 g/mol. The van der Waals surface area contributed by atoms with E-state index in [1.54, 1.807) is 36.4 Å². The third-order valence-electron chi connectivity index (χ3n) is 4.11. The lowest BCUT2D eigenvalue weighted by Crippen LogP contribution is -2.09. The highest BCUT2D eigenvalue weighted by molar-refractivity contribution is 7.87. The van der Waals surface area contributed by atoms with Crippen molar-refractivity contribution in [2.24, 2.45) is 4.99 Å². The molecule has 0 fully saturated rings. The lowest BCUT2D eigenvalue weighted by molar-refractivity contribution is -0.129. The van der Waals surface area contributed by atoms with Crippen LogP contribution in [0.4, 0.5) is 4.39 Å². The molecule has 0 N–H and O–H groups in total. The summed E-state index contributed by atoms with van der Waals surface area (Å²) in [6.45, 7) is 0. The van der Waals surface area contributed by atoms with Gasteiger partial charge in [-0.05, 0) is 54.1 Å². The highest BCUT2D eigenvalue weighted by atomic mass is 32.2. The van der Waals surface area contributed by atoms with Crippen molar-refractivity contribution in [1.29, 1.82) is 0 Å². The first-order chi connectivity index (χ1) is 14.4. The van der Waals surface area contributed by atoms with E-state index in [2.05, 4.69) is 4.99 Å². The molecular formula is C22H14FNO5S. The summed E-state index contributed by atoms with van der Waals surface area (Å²) >= 11 is 0. The molecule has 6 nitrogen and oxygen atoms in total. The lowest BCUT2D eigenvalue weighted by Gasteiger charge is -2.07. The summed E-state index contributed by atoms with van der Waals surface area (Å²) in [6.07, 6.45) is 1.48. The first-order valence-corrected chi connectivity index (χ1v) is 10.2. The predicted octanol–water partition coefficient (Wildman–Crippen LogP) is 3.94. The molecule has 0 unspecified atom stereocenters. The number of aliphatic imine (C=N–C) groups is 1. The zero-order valence-corrected chi connectivity index (χ0v) is 16.2. The third-order valence-corrected chi connectivity index (χ3v) is 5.37. The molecule has 1 heterocycles. The van der Waals surface area contributed by atoms with Gasteiger partial charge in [-0.15, -0.1) is 0 Å². The molecule has 0 saturated carbocycles. The number of carbonyl (C=O) groups is 1. The smallest absolute Gasteiger partial charge is 0.363 e. The Morgan fingerprint density at radius 3 is 2.37 bits per heavy atom. The van der Waals surface area contributed by atoms with Crippen molar-refractivity contribution < 1.29 is 26.5 Å². The van der Waals surface area contributed by atoms with Gasteiger partial charge in [0, 0.05) is 5.56 Å². The summed E-state index contributed by atoms with van der Waals surface area (Å²) < 4.78 is 48.1. The van der Waals surface area contributed by atoms with E-state index in [0.717, 1.165) is 0 Å². The van der Waals surface area contributed by atoms with Crippen LogP contribution in [0, 0.1) is 5.82 Å². The molecule has 0 saturated heterocycles. The van der Waals surface area contributed by atoms with Gasteiger partial charge in [-0.3, -0.25) is 0 Å². The zero-order valence-electron chi connectivity index (χ0n) is 15.4. The van der Waals surface area contributed by atoms with Crippen molar-refractivity contribution in [3.63, 3.8) is 0 Å². The Balaban J connectivity index is 1.53. The van der Waals surface area contributed by atoms with E-state index in [-0.39, 0.29) is 22.2 Å². The molecule has 0 amide bonds. The van der Waals surface area contributed by atoms with E-state index in [1.807, 2.05) is 0 Å². The Kier molecular flexibility index (Phi) is 5.16. The number of hydrogen-bond donors (Lipinski definition) is 0. The maximum Gasteiger partial charge on any atom is 0.363 e. The topological polar surface area (TPSA) is 82.0 Å². The average molecular weight is 423 g/mol. The highest BCUT2D eigenvalue weighted by Gasteiger charge is 2.24. The zero-order chi connectivity index (χ0) is 21.1. The largest absolute Gasteiger partial charge is 0.402 e. The van der Waals surface area contributed by atoms with Gasteiger partial charge < -0.3 is 8.92 Å². The number of halogens is 1. The number of rotatable bonds is 5. The number of esters is 1. The summed E-state index contributed by atoms with van der Waals surface area (Å²) in [7, 11) is -3.94. The van der Waals surface area contributed by atoms with Gasteiger partial charge in [-0.2, -0.15) is 8.42 Å². The van der Waals surface area contributed by atoms with E-state index < -0.39 is 21.9 Å². The van der Waals surface area contributed by atoms with Gasteiger partial charge in [0.25, 0.3) is 0 Å². The Labute approximate surface area is 172 Å². The molecule has 30 heavy (non-hydrogen) atoms. The number of ether oxygens (including phenoxy) is 1. The van der Waals surface area contributed by atoms with Crippen LogP contribution < -0.4 is 4.18 Å². The van der Waals surface area contributed by atoms with Gasteiger partial charge in [0.2, 0.25) is 5.90 Å². The summed E-state index contributed by atoms with van der Waals surface area (Å²) in [5.74, 6) is -0.996. The summed E-state index contributed by atoms with van der Waals surface area (Å²) in [6, 6.07) is 19.4. The van der Waals surface area contributed by atoms with Gasteiger partial charge in [0.05, 0.1) is 0 Å². The van der Waals surface area contributed by atoms with Gasteiger partial charge in [-0.1, -0.05) is 36.4 Å². The maximum atomic E-state index is 13.4. The molecule has 1 aliphatic heterocycles. The molecule has 0 spiro atoms. The normalized spacial score (nSPS) is 15.0. The van der Waals surface area contributed by atoms with Crippen LogP contribution >= 0.6 is 0 Å². The number of benzene rings is 3. The van der Waals surface area contributed by atoms with Gasteiger partial charge in [0.15, 0.2) is 5.70 Å². The Bertz CT molecular complexity index is 1270. The molecule has 4 rings (SSSR count). The molecule has 3 aromatic carbocycles. The van der Waals surface area contributed by atoms with Crippen molar-refractivity contribution >= 4 is 28.1 Å². The second kappa shape index (κ2) is 7.92. The monoisotopic (exact) mass is 423 g/mol. The fourth-order valence-electron chi connectivity index (χ4n) is 2.69. The van der Waals surface area contributed by atoms with Gasteiger partial charge in [0.1, 0.15) is 16.5 Å². The Hall–Kier alpha value is -3.78. The molecule has 0 aliphatic carbocycles. The van der Waals surface area contributed by atoms with E-state index in [9.17, 15) is 17.6 Å². The van der Waals surface area contributed by atoms with Crippen LogP contribution in [-0.4, -0.2) is 20.3 Å². The van der Waals surface area contributed by atoms with Crippen molar-refractivity contribution in [1.82, 2.24) is 0 Å². The molecule has 8 heteroatoms. The van der Waals surface area contributed by atoms with E-state index in [4.69, 9.17) is 8.92 Å². The van der Waals surface area contributed by atoms with Crippen LogP contribution in [0.25, 0.3) is 6.08 Å². The number of hydrogen-bond acceptors (Lipinski definition) is 6. The molecule has 1 aliphatic rings. The molecule has 0 bridgehead atoms. The highest BCUT2D eigenvalue weighted by Crippen LogP contribution is 2.22. The summed E-state index contributed by atoms with van der Waals surface area (Å²) in [4.78, 5) is 16.2. The first kappa shape index (κ1) is 19.5. The van der Waals surface area contributed by atoms with Gasteiger partial charge >= 0.3 is 16.1 Å². The number of carbonyl (C=O) groups excluding carboxylic acids is 1. The van der Waals surface area contributed by atoms with Crippen LogP contribution in [0.2, 0.25) is 0 Å². The number of nitrogens with zero attached hydrogens (tertiary/aromatic N) is 1. The van der Waals surface area contributed by atoms with Crippen LogP contribution in [0.5, 0.6) is 5.75 Å². The predicted molar refractivity (Wildman–Crippen MR) is 108 cm³/mol. The molecule has 0 atom stereocenters. The van der Waals surface area contributed by atoms with Crippen LogP contribution in [-0.2, 0) is 19.6 Å². The molecule has 150 valence electrons. The standard InChI is InChI=1S/C22H14FNO5S/c23-17-6-4-5-16(14-17)21-24-20(22(25)28-21)13-15-9-11-18(12-10-15)29-30(26,27)19-7-2-1-3-8-19/h1-14H/b20-13-. The molecule has 3 aromatic rings. The van der Waals surface area contributed by atoms with E-state index in [0.29, 0.717) is 11.1 Å². The lowest BCUT2D eigenvalue weighted by atomic mass is 10.2. The second-order valence-electron chi connectivity index (χ2n) is 6.27. The fourth-order valence-corrected chi connectivity index (χ4v) is 3.64. The van der Waals surface area contributed by atoms with Gasteiger partial charge in [-0.25, -0.2) is 14.2 Å². The minimum absolute atomic E-state index is 0.0136. The minimum Gasteiger partial charge on any atom is -0.402 e. The van der Waals surface area contributed by atoms with Crippen molar-refractivity contribution in [3.8, 4) is 5.75 Å². The second-order valence-corrected chi connectivity index (χ2v) is 7.81. The summed E-state index contributed by atoms with van der Waals surface area (Å²) in [5.41, 5.74) is 0.970. The average Bonchev–Trinajstić information content (AvgIpc) is 3.10. The Morgan fingerprint density at radius 2 is 1.67 bits per heavy atom. The fraction of sp³-hybridized carbons (Fsp3) is 0. The molecule has 0 radical (unpaired) electrons. The summed E-state index contributed by atoms with van der Waals surface area (Å²) in [5, 5.41) is 0. The van der Waals surface area contributed by atoms with Crippen LogP contribution in [0.3, 0.4) is 0 Å². The molecule has 0 aromatic heterocycles. The number of cyclic esters (lactones) is 1.